The SMILES string of the molecule is CCC(CC)N(C)CC(NC(C)C)(C(N)=O)C1CC1. The van der Waals surface area contributed by atoms with Gasteiger partial charge in [0.25, 0.3) is 0 Å². The first-order chi connectivity index (χ1) is 8.87. The molecule has 19 heavy (non-hydrogen) atoms. The topological polar surface area (TPSA) is 58.4 Å². The first-order valence-electron chi connectivity index (χ1n) is 7.65. The Morgan fingerprint density at radius 3 is 2.21 bits per heavy atom. The molecule has 112 valence electrons. The number of nitrogens with two attached hydrogens (primary N) is 1. The van der Waals surface area contributed by atoms with Crippen molar-refractivity contribution in [3.8, 4) is 0 Å². The number of primary amides is 1. The number of nitrogens with zero attached hydrogens (tertiary/aromatic N) is 1. The van der Waals surface area contributed by atoms with E-state index in [1.54, 1.807) is 0 Å². The van der Waals surface area contributed by atoms with Gasteiger partial charge in [-0.05, 0) is 52.5 Å². The van der Waals surface area contributed by atoms with E-state index in [0.29, 0.717) is 12.0 Å². The number of likely N-dealkylation sites (N-methyl/N-ethyl adjacent to an activating group) is 1. The van der Waals surface area contributed by atoms with Gasteiger partial charge in [-0.15, -0.1) is 0 Å². The molecule has 1 amide bonds. The molecule has 0 aliphatic heterocycles. The van der Waals surface area contributed by atoms with Crippen LogP contribution in [0.3, 0.4) is 0 Å². The molecule has 0 radical (unpaired) electrons. The van der Waals surface area contributed by atoms with E-state index in [9.17, 15) is 4.79 Å². The number of hydrogen-bond donors (Lipinski definition) is 2. The molecule has 4 heteroatoms. The van der Waals surface area contributed by atoms with Crippen molar-refractivity contribution in [3.63, 3.8) is 0 Å². The molecule has 0 aromatic carbocycles. The zero-order chi connectivity index (χ0) is 14.6. The van der Waals surface area contributed by atoms with Crippen LogP contribution in [-0.2, 0) is 4.79 Å². The molecule has 1 atom stereocenters. The summed E-state index contributed by atoms with van der Waals surface area (Å²) >= 11 is 0. The number of hydrogen-bond acceptors (Lipinski definition) is 3. The van der Waals surface area contributed by atoms with Gasteiger partial charge in [-0.2, -0.15) is 0 Å². The summed E-state index contributed by atoms with van der Waals surface area (Å²) in [5, 5.41) is 3.47. The van der Waals surface area contributed by atoms with Crippen molar-refractivity contribution >= 4 is 5.91 Å². The molecule has 1 unspecified atom stereocenters. The molecular weight excluding hydrogens is 238 g/mol. The number of carbonyl (C=O) groups excluding carboxylic acids is 1. The van der Waals surface area contributed by atoms with Crippen LogP contribution < -0.4 is 11.1 Å². The van der Waals surface area contributed by atoms with Crippen LogP contribution >= 0.6 is 0 Å². The molecule has 4 nitrogen and oxygen atoms in total. The predicted octanol–water partition coefficient (Wildman–Crippen LogP) is 1.74. The quantitative estimate of drug-likeness (QED) is 0.670. The summed E-state index contributed by atoms with van der Waals surface area (Å²) in [6.07, 6.45) is 4.43. The summed E-state index contributed by atoms with van der Waals surface area (Å²) in [4.78, 5) is 14.4. The summed E-state index contributed by atoms with van der Waals surface area (Å²) in [5.74, 6) is 0.214. The van der Waals surface area contributed by atoms with Crippen molar-refractivity contribution in [1.82, 2.24) is 10.2 Å². The molecule has 3 N–H and O–H groups in total. The van der Waals surface area contributed by atoms with E-state index < -0.39 is 5.54 Å². The maximum atomic E-state index is 12.1. The summed E-state index contributed by atoms with van der Waals surface area (Å²) in [6, 6.07) is 0.787. The monoisotopic (exact) mass is 269 g/mol. The normalized spacial score (nSPS) is 19.2. The number of nitrogens with one attached hydrogen (secondary N) is 1. The maximum absolute atomic E-state index is 12.1. The Morgan fingerprint density at radius 2 is 1.89 bits per heavy atom. The van der Waals surface area contributed by atoms with Gasteiger partial charge in [-0.1, -0.05) is 13.8 Å². The zero-order valence-corrected chi connectivity index (χ0v) is 13.2. The van der Waals surface area contributed by atoms with E-state index in [1.165, 1.54) is 0 Å². The van der Waals surface area contributed by atoms with Gasteiger partial charge < -0.3 is 10.6 Å². The van der Waals surface area contributed by atoms with E-state index in [2.05, 4.69) is 45.0 Å². The largest absolute Gasteiger partial charge is 0.368 e. The van der Waals surface area contributed by atoms with Crippen LogP contribution in [0.1, 0.15) is 53.4 Å². The molecule has 0 spiro atoms. The smallest absolute Gasteiger partial charge is 0.239 e. The van der Waals surface area contributed by atoms with E-state index in [-0.39, 0.29) is 11.9 Å². The van der Waals surface area contributed by atoms with Crippen molar-refractivity contribution in [2.45, 2.75) is 71.0 Å². The minimum Gasteiger partial charge on any atom is -0.368 e. The van der Waals surface area contributed by atoms with Crippen LogP contribution in [0.25, 0.3) is 0 Å². The van der Waals surface area contributed by atoms with Crippen molar-refractivity contribution in [1.29, 1.82) is 0 Å². The van der Waals surface area contributed by atoms with Gasteiger partial charge in [-0.25, -0.2) is 0 Å². The zero-order valence-electron chi connectivity index (χ0n) is 13.2. The average Bonchev–Trinajstić information content (AvgIpc) is 3.12. The third-order valence-corrected chi connectivity index (χ3v) is 4.32. The molecule has 0 bridgehead atoms. The van der Waals surface area contributed by atoms with Crippen LogP contribution in [-0.4, -0.2) is 42.0 Å². The highest BCUT2D eigenvalue weighted by Crippen LogP contribution is 2.40. The fraction of sp³-hybridized carbons (Fsp3) is 0.933. The first kappa shape index (κ1) is 16.4. The van der Waals surface area contributed by atoms with Gasteiger partial charge >= 0.3 is 0 Å². The second-order valence-corrected chi connectivity index (χ2v) is 6.29. The van der Waals surface area contributed by atoms with Crippen LogP contribution in [0.5, 0.6) is 0 Å². The van der Waals surface area contributed by atoms with Crippen molar-refractivity contribution < 1.29 is 4.79 Å². The van der Waals surface area contributed by atoms with Crippen LogP contribution in [0.2, 0.25) is 0 Å². The second-order valence-electron chi connectivity index (χ2n) is 6.29. The highest BCUT2D eigenvalue weighted by atomic mass is 16.1. The van der Waals surface area contributed by atoms with E-state index in [0.717, 1.165) is 32.2 Å². The first-order valence-corrected chi connectivity index (χ1v) is 7.65. The summed E-state index contributed by atoms with van der Waals surface area (Å²) in [7, 11) is 2.11. The Morgan fingerprint density at radius 1 is 1.37 bits per heavy atom. The summed E-state index contributed by atoms with van der Waals surface area (Å²) < 4.78 is 0. The van der Waals surface area contributed by atoms with Gasteiger partial charge in [0.05, 0.1) is 0 Å². The lowest BCUT2D eigenvalue weighted by molar-refractivity contribution is -0.126. The van der Waals surface area contributed by atoms with Gasteiger partial charge in [0, 0.05) is 18.6 Å². The lowest BCUT2D eigenvalue weighted by Gasteiger charge is -2.39. The Kier molecular flexibility index (Phi) is 5.81. The number of carbonyl (C=O) groups is 1. The molecule has 1 saturated carbocycles. The number of rotatable bonds is 9. The lowest BCUT2D eigenvalue weighted by atomic mass is 9.89. The Labute approximate surface area is 118 Å². The molecular formula is C15H31N3O. The van der Waals surface area contributed by atoms with E-state index >= 15 is 0 Å². The predicted molar refractivity (Wildman–Crippen MR) is 79.9 cm³/mol. The third kappa shape index (κ3) is 3.93. The average molecular weight is 269 g/mol. The molecule has 1 aliphatic rings. The Bertz CT molecular complexity index is 298. The highest BCUT2D eigenvalue weighted by Gasteiger charge is 2.50. The summed E-state index contributed by atoms with van der Waals surface area (Å²) in [5.41, 5.74) is 5.21. The molecule has 0 aromatic rings. The van der Waals surface area contributed by atoms with Gasteiger partial charge in [-0.3, -0.25) is 10.1 Å². The molecule has 1 aliphatic carbocycles. The standard InChI is InChI=1S/C15H31N3O/c1-6-13(7-2)18(5)10-15(14(16)19,12-8-9-12)17-11(3)4/h11-13,17H,6-10H2,1-5H3,(H2,16,19). The fourth-order valence-electron chi connectivity index (χ4n) is 3.17. The summed E-state index contributed by atoms with van der Waals surface area (Å²) in [6.45, 7) is 9.28. The van der Waals surface area contributed by atoms with Gasteiger partial charge in [0.15, 0.2) is 0 Å². The minimum absolute atomic E-state index is 0.193. The Balaban J connectivity index is 2.87. The van der Waals surface area contributed by atoms with E-state index in [1.807, 2.05) is 0 Å². The lowest BCUT2D eigenvalue weighted by Crippen LogP contribution is -2.65. The molecule has 0 heterocycles. The van der Waals surface area contributed by atoms with Gasteiger partial charge in [0.1, 0.15) is 5.54 Å². The van der Waals surface area contributed by atoms with Crippen molar-refractivity contribution in [2.75, 3.05) is 13.6 Å². The van der Waals surface area contributed by atoms with Crippen LogP contribution in [0.15, 0.2) is 0 Å². The molecule has 1 rings (SSSR count). The van der Waals surface area contributed by atoms with Crippen molar-refractivity contribution in [3.05, 3.63) is 0 Å². The van der Waals surface area contributed by atoms with Gasteiger partial charge in [0.2, 0.25) is 5.91 Å². The fourth-order valence-corrected chi connectivity index (χ4v) is 3.17. The molecule has 0 saturated heterocycles. The Hall–Kier alpha value is -0.610. The van der Waals surface area contributed by atoms with Crippen LogP contribution in [0.4, 0.5) is 0 Å². The minimum atomic E-state index is -0.550. The van der Waals surface area contributed by atoms with E-state index in [4.69, 9.17) is 5.73 Å². The highest BCUT2D eigenvalue weighted by molar-refractivity contribution is 5.86. The van der Waals surface area contributed by atoms with Crippen molar-refractivity contribution in [2.24, 2.45) is 11.7 Å². The van der Waals surface area contributed by atoms with Crippen LogP contribution in [0, 0.1) is 5.92 Å². The maximum Gasteiger partial charge on any atom is 0.239 e. The molecule has 1 fully saturated rings. The third-order valence-electron chi connectivity index (χ3n) is 4.32. The second kappa shape index (κ2) is 6.71. The number of amides is 1. The molecule has 0 aromatic heterocycles.